The number of urea groups is 1. The molecule has 0 aromatic heterocycles. The van der Waals surface area contributed by atoms with Crippen molar-refractivity contribution >= 4 is 6.03 Å². The van der Waals surface area contributed by atoms with Crippen molar-refractivity contribution in [2.45, 2.75) is 19.4 Å². The third kappa shape index (κ3) is 4.49. The molecule has 0 radical (unpaired) electrons. The van der Waals surface area contributed by atoms with Gasteiger partial charge in [0.2, 0.25) is 0 Å². The first kappa shape index (κ1) is 16.4. The van der Waals surface area contributed by atoms with Gasteiger partial charge in [0.05, 0.1) is 19.3 Å². The minimum Gasteiger partial charge on any atom is -0.494 e. The zero-order chi connectivity index (χ0) is 15.8. The SMILES string of the molecule is CCOc1ccc(C(COC)NC(=O)N2CC=CCC2)cc1. The minimum absolute atomic E-state index is 0.0553. The molecule has 2 amide bonds. The Labute approximate surface area is 131 Å². The molecular formula is C17H24N2O3. The molecule has 1 aromatic carbocycles. The van der Waals surface area contributed by atoms with Gasteiger partial charge < -0.3 is 19.7 Å². The Morgan fingerprint density at radius 1 is 1.32 bits per heavy atom. The lowest BCUT2D eigenvalue weighted by Gasteiger charge is -2.27. The summed E-state index contributed by atoms with van der Waals surface area (Å²) in [5.74, 6) is 0.829. The van der Waals surface area contributed by atoms with Crippen LogP contribution in [0.5, 0.6) is 5.75 Å². The number of ether oxygens (including phenoxy) is 2. The maximum Gasteiger partial charge on any atom is 0.318 e. The van der Waals surface area contributed by atoms with E-state index in [0.29, 0.717) is 19.8 Å². The summed E-state index contributed by atoms with van der Waals surface area (Å²) < 4.78 is 10.7. The fourth-order valence-electron chi connectivity index (χ4n) is 2.42. The quantitative estimate of drug-likeness (QED) is 0.822. The van der Waals surface area contributed by atoms with Crippen LogP contribution >= 0.6 is 0 Å². The van der Waals surface area contributed by atoms with Crippen molar-refractivity contribution in [2.75, 3.05) is 33.4 Å². The summed E-state index contributed by atoms with van der Waals surface area (Å²) in [4.78, 5) is 14.1. The van der Waals surface area contributed by atoms with E-state index in [1.54, 1.807) is 12.0 Å². The molecule has 0 spiro atoms. The first-order chi connectivity index (χ1) is 10.7. The first-order valence-electron chi connectivity index (χ1n) is 7.66. The molecular weight excluding hydrogens is 280 g/mol. The van der Waals surface area contributed by atoms with E-state index in [1.165, 1.54) is 0 Å². The molecule has 22 heavy (non-hydrogen) atoms. The van der Waals surface area contributed by atoms with Crippen LogP contribution in [0, 0.1) is 0 Å². The molecule has 5 heteroatoms. The van der Waals surface area contributed by atoms with E-state index in [4.69, 9.17) is 9.47 Å². The molecule has 2 rings (SSSR count). The van der Waals surface area contributed by atoms with Gasteiger partial charge in [-0.3, -0.25) is 0 Å². The lowest BCUT2D eigenvalue weighted by Crippen LogP contribution is -2.44. The molecule has 0 saturated heterocycles. The zero-order valence-electron chi connectivity index (χ0n) is 13.2. The number of carbonyl (C=O) groups is 1. The summed E-state index contributed by atoms with van der Waals surface area (Å²) in [6.07, 6.45) is 5.03. The predicted molar refractivity (Wildman–Crippen MR) is 86.1 cm³/mol. The Hall–Kier alpha value is -2.01. The fourth-order valence-corrected chi connectivity index (χ4v) is 2.42. The van der Waals surface area contributed by atoms with Crippen molar-refractivity contribution in [3.05, 3.63) is 42.0 Å². The highest BCUT2D eigenvalue weighted by molar-refractivity contribution is 5.75. The largest absolute Gasteiger partial charge is 0.494 e. The number of hydrogen-bond acceptors (Lipinski definition) is 3. The summed E-state index contributed by atoms with van der Waals surface area (Å²) in [7, 11) is 1.64. The summed E-state index contributed by atoms with van der Waals surface area (Å²) in [6.45, 7) is 4.44. The van der Waals surface area contributed by atoms with E-state index in [9.17, 15) is 4.79 Å². The van der Waals surface area contributed by atoms with Gasteiger partial charge in [-0.25, -0.2) is 4.79 Å². The zero-order valence-corrected chi connectivity index (χ0v) is 13.2. The topological polar surface area (TPSA) is 50.8 Å². The lowest BCUT2D eigenvalue weighted by molar-refractivity contribution is 0.156. The molecule has 120 valence electrons. The van der Waals surface area contributed by atoms with E-state index in [1.807, 2.05) is 37.3 Å². The smallest absolute Gasteiger partial charge is 0.318 e. The molecule has 1 N–H and O–H groups in total. The molecule has 1 unspecified atom stereocenters. The molecule has 0 bridgehead atoms. The Kier molecular flexibility index (Phi) is 6.27. The van der Waals surface area contributed by atoms with Crippen molar-refractivity contribution in [3.63, 3.8) is 0 Å². The minimum atomic E-state index is -0.168. The molecule has 0 aliphatic carbocycles. The van der Waals surface area contributed by atoms with Crippen LogP contribution in [0.15, 0.2) is 36.4 Å². The lowest BCUT2D eigenvalue weighted by atomic mass is 10.1. The van der Waals surface area contributed by atoms with Crippen molar-refractivity contribution in [2.24, 2.45) is 0 Å². The van der Waals surface area contributed by atoms with Gasteiger partial charge in [-0.2, -0.15) is 0 Å². The second-order valence-corrected chi connectivity index (χ2v) is 5.17. The summed E-state index contributed by atoms with van der Waals surface area (Å²) in [6, 6.07) is 7.53. The van der Waals surface area contributed by atoms with Gasteiger partial charge in [-0.1, -0.05) is 24.3 Å². The van der Waals surface area contributed by atoms with Crippen LogP contribution in [0.2, 0.25) is 0 Å². The Bertz CT molecular complexity index is 499. The van der Waals surface area contributed by atoms with Gasteiger partial charge >= 0.3 is 6.03 Å². The Morgan fingerprint density at radius 3 is 2.68 bits per heavy atom. The highest BCUT2D eigenvalue weighted by Crippen LogP contribution is 2.19. The van der Waals surface area contributed by atoms with Crippen molar-refractivity contribution in [3.8, 4) is 5.75 Å². The highest BCUT2D eigenvalue weighted by Gasteiger charge is 2.19. The maximum absolute atomic E-state index is 12.3. The summed E-state index contributed by atoms with van der Waals surface area (Å²) in [5.41, 5.74) is 1.01. The molecule has 1 aliphatic rings. The van der Waals surface area contributed by atoms with Gasteiger partial charge in [-0.05, 0) is 31.0 Å². The Morgan fingerprint density at radius 2 is 2.09 bits per heavy atom. The first-order valence-corrected chi connectivity index (χ1v) is 7.66. The van der Waals surface area contributed by atoms with E-state index in [2.05, 4.69) is 11.4 Å². The van der Waals surface area contributed by atoms with E-state index < -0.39 is 0 Å². The van der Waals surface area contributed by atoms with Crippen LogP contribution in [0.1, 0.15) is 24.9 Å². The number of benzene rings is 1. The molecule has 5 nitrogen and oxygen atoms in total. The predicted octanol–water partition coefficient (Wildman–Crippen LogP) is 2.74. The summed E-state index contributed by atoms with van der Waals surface area (Å²) in [5, 5.41) is 3.04. The molecule has 0 saturated carbocycles. The maximum atomic E-state index is 12.3. The van der Waals surface area contributed by atoms with Crippen molar-refractivity contribution < 1.29 is 14.3 Å². The number of methoxy groups -OCH3 is 1. The van der Waals surface area contributed by atoms with E-state index in [0.717, 1.165) is 24.3 Å². The third-order valence-corrected chi connectivity index (χ3v) is 3.57. The van der Waals surface area contributed by atoms with E-state index in [-0.39, 0.29) is 12.1 Å². The normalized spacial score (nSPS) is 15.5. The van der Waals surface area contributed by atoms with E-state index >= 15 is 0 Å². The standard InChI is InChI=1S/C17H24N2O3/c1-3-22-15-9-7-14(8-10-15)16(13-21-2)18-17(20)19-11-5-4-6-12-19/h4-5,7-10,16H,3,6,11-13H2,1-2H3,(H,18,20). The fraction of sp³-hybridized carbons (Fsp3) is 0.471. The highest BCUT2D eigenvalue weighted by atomic mass is 16.5. The number of nitrogens with zero attached hydrogens (tertiary/aromatic N) is 1. The van der Waals surface area contributed by atoms with Crippen LogP contribution in [0.3, 0.4) is 0 Å². The second-order valence-electron chi connectivity index (χ2n) is 5.17. The molecule has 1 atom stereocenters. The van der Waals surface area contributed by atoms with Gasteiger partial charge in [0.25, 0.3) is 0 Å². The van der Waals surface area contributed by atoms with Gasteiger partial charge in [0.1, 0.15) is 5.75 Å². The number of carbonyl (C=O) groups excluding carboxylic acids is 1. The number of nitrogens with one attached hydrogen (secondary N) is 1. The van der Waals surface area contributed by atoms with Crippen LogP contribution in [-0.4, -0.2) is 44.3 Å². The van der Waals surface area contributed by atoms with Crippen molar-refractivity contribution in [1.29, 1.82) is 0 Å². The summed E-state index contributed by atoms with van der Waals surface area (Å²) >= 11 is 0. The average Bonchev–Trinajstić information content (AvgIpc) is 2.56. The van der Waals surface area contributed by atoms with Crippen molar-refractivity contribution in [1.82, 2.24) is 10.2 Å². The monoisotopic (exact) mass is 304 g/mol. The Balaban J connectivity index is 2.01. The number of hydrogen-bond donors (Lipinski definition) is 1. The van der Waals surface area contributed by atoms with Gasteiger partial charge in [0.15, 0.2) is 0 Å². The molecule has 0 fully saturated rings. The average molecular weight is 304 g/mol. The second kappa shape index (κ2) is 8.44. The molecule has 1 aliphatic heterocycles. The van der Waals surface area contributed by atoms with Crippen LogP contribution < -0.4 is 10.1 Å². The molecule has 1 aromatic rings. The van der Waals surface area contributed by atoms with Gasteiger partial charge in [-0.15, -0.1) is 0 Å². The molecule has 1 heterocycles. The van der Waals surface area contributed by atoms with Crippen LogP contribution in [-0.2, 0) is 4.74 Å². The number of amides is 2. The van der Waals surface area contributed by atoms with Crippen LogP contribution in [0.25, 0.3) is 0 Å². The third-order valence-electron chi connectivity index (χ3n) is 3.57. The van der Waals surface area contributed by atoms with Crippen LogP contribution in [0.4, 0.5) is 4.79 Å². The number of rotatable bonds is 6. The van der Waals surface area contributed by atoms with Gasteiger partial charge in [0, 0.05) is 20.2 Å².